The number of carbonyl (C=O) groups is 1. The van der Waals surface area contributed by atoms with E-state index >= 15 is 0 Å². The van der Waals surface area contributed by atoms with Crippen molar-refractivity contribution >= 4 is 23.7 Å². The van der Waals surface area contributed by atoms with E-state index in [-0.39, 0.29) is 5.69 Å². The number of nitrogens with zero attached hydrogens (tertiary/aromatic N) is 2. The molecule has 0 bridgehead atoms. The van der Waals surface area contributed by atoms with Crippen molar-refractivity contribution in [3.05, 3.63) is 52.8 Å². The lowest BCUT2D eigenvalue weighted by Gasteiger charge is -2.11. The van der Waals surface area contributed by atoms with Crippen LogP contribution in [0.3, 0.4) is 0 Å². The van der Waals surface area contributed by atoms with E-state index in [2.05, 4.69) is 15.5 Å². The second-order valence-electron chi connectivity index (χ2n) is 4.38. The number of pyridine rings is 1. The van der Waals surface area contributed by atoms with Gasteiger partial charge in [0.2, 0.25) is 0 Å². The highest BCUT2D eigenvalue weighted by Gasteiger charge is 2.11. The lowest BCUT2D eigenvalue weighted by molar-refractivity contribution is 0.0950. The molecule has 1 aromatic carbocycles. The number of nitrogens with one attached hydrogen (secondary N) is 1. The molecule has 23 heavy (non-hydrogen) atoms. The molecule has 0 aliphatic rings. The molecular formula is C16H16ClN3O3. The third kappa shape index (κ3) is 4.43. The van der Waals surface area contributed by atoms with Gasteiger partial charge in [0, 0.05) is 6.20 Å². The molecule has 120 valence electrons. The molecule has 0 saturated carbocycles. The predicted molar refractivity (Wildman–Crippen MR) is 88.5 cm³/mol. The molecule has 0 saturated heterocycles. The Morgan fingerprint density at radius 1 is 1.43 bits per heavy atom. The van der Waals surface area contributed by atoms with E-state index in [9.17, 15) is 4.79 Å². The second-order valence-corrected chi connectivity index (χ2v) is 4.79. The van der Waals surface area contributed by atoms with Gasteiger partial charge in [-0.05, 0) is 36.8 Å². The van der Waals surface area contributed by atoms with Crippen LogP contribution in [0.25, 0.3) is 0 Å². The van der Waals surface area contributed by atoms with Crippen molar-refractivity contribution in [2.24, 2.45) is 5.10 Å². The molecule has 1 aromatic heterocycles. The zero-order valence-corrected chi connectivity index (χ0v) is 13.5. The molecule has 0 aliphatic carbocycles. The monoisotopic (exact) mass is 333 g/mol. The van der Waals surface area contributed by atoms with Crippen LogP contribution in [0.5, 0.6) is 11.5 Å². The molecule has 2 aromatic rings. The summed E-state index contributed by atoms with van der Waals surface area (Å²) in [5, 5.41) is 4.30. The van der Waals surface area contributed by atoms with Gasteiger partial charge in [-0.2, -0.15) is 5.10 Å². The Morgan fingerprint density at radius 3 is 2.91 bits per heavy atom. The lowest BCUT2D eigenvalue weighted by Crippen LogP contribution is -2.18. The SMILES string of the molecule is CCOc1c(Cl)cc(/C=N\NC(=O)c2ccccn2)cc1OC. The van der Waals surface area contributed by atoms with Gasteiger partial charge in [0.1, 0.15) is 5.69 Å². The Labute approximate surface area is 139 Å². The minimum atomic E-state index is -0.397. The van der Waals surface area contributed by atoms with Crippen LogP contribution >= 0.6 is 11.6 Å². The van der Waals surface area contributed by atoms with Crippen LogP contribution in [0, 0.1) is 0 Å². The fourth-order valence-corrected chi connectivity index (χ4v) is 2.09. The maximum Gasteiger partial charge on any atom is 0.289 e. The molecule has 0 radical (unpaired) electrons. The number of hydrazone groups is 1. The van der Waals surface area contributed by atoms with Crippen molar-refractivity contribution in [1.29, 1.82) is 0 Å². The number of methoxy groups -OCH3 is 1. The summed E-state index contributed by atoms with van der Waals surface area (Å²) >= 11 is 6.17. The van der Waals surface area contributed by atoms with E-state index in [1.807, 2.05) is 6.92 Å². The van der Waals surface area contributed by atoms with E-state index in [1.54, 1.807) is 30.3 Å². The highest BCUT2D eigenvalue weighted by atomic mass is 35.5. The molecule has 0 unspecified atom stereocenters. The summed E-state index contributed by atoms with van der Waals surface area (Å²) in [6.07, 6.45) is 3.00. The van der Waals surface area contributed by atoms with E-state index < -0.39 is 5.91 Å². The summed E-state index contributed by atoms with van der Waals surface area (Å²) in [5.74, 6) is 0.578. The van der Waals surface area contributed by atoms with Crippen molar-refractivity contribution in [2.45, 2.75) is 6.92 Å². The lowest BCUT2D eigenvalue weighted by atomic mass is 10.2. The van der Waals surface area contributed by atoms with Gasteiger partial charge in [-0.3, -0.25) is 9.78 Å². The normalized spacial score (nSPS) is 10.6. The minimum absolute atomic E-state index is 0.284. The van der Waals surface area contributed by atoms with Crippen LogP contribution in [-0.4, -0.2) is 30.8 Å². The van der Waals surface area contributed by atoms with Crippen LogP contribution in [0.4, 0.5) is 0 Å². The Morgan fingerprint density at radius 2 is 2.26 bits per heavy atom. The van der Waals surface area contributed by atoms with E-state index in [0.717, 1.165) is 0 Å². The smallest absolute Gasteiger partial charge is 0.289 e. The molecule has 1 amide bonds. The number of hydrogen-bond donors (Lipinski definition) is 1. The van der Waals surface area contributed by atoms with E-state index in [4.69, 9.17) is 21.1 Å². The third-order valence-corrected chi connectivity index (χ3v) is 3.10. The first-order valence-electron chi connectivity index (χ1n) is 6.90. The molecular weight excluding hydrogens is 318 g/mol. The van der Waals surface area contributed by atoms with Gasteiger partial charge in [-0.15, -0.1) is 0 Å². The second kappa shape index (κ2) is 8.14. The molecule has 0 atom stereocenters. The quantitative estimate of drug-likeness (QED) is 0.651. The zero-order chi connectivity index (χ0) is 16.7. The Hall–Kier alpha value is -2.60. The molecule has 1 N–H and O–H groups in total. The zero-order valence-electron chi connectivity index (χ0n) is 12.7. The number of rotatable bonds is 6. The third-order valence-electron chi connectivity index (χ3n) is 2.82. The molecule has 6 nitrogen and oxygen atoms in total. The van der Waals surface area contributed by atoms with Crippen LogP contribution < -0.4 is 14.9 Å². The largest absolute Gasteiger partial charge is 0.493 e. The van der Waals surface area contributed by atoms with E-state index in [0.29, 0.717) is 28.7 Å². The van der Waals surface area contributed by atoms with Crippen LogP contribution in [0.2, 0.25) is 5.02 Å². The van der Waals surface area contributed by atoms with Crippen molar-refractivity contribution < 1.29 is 14.3 Å². The molecule has 0 spiro atoms. The Balaban J connectivity index is 2.11. The predicted octanol–water partition coefficient (Wildman–Crippen LogP) is 2.91. The summed E-state index contributed by atoms with van der Waals surface area (Å²) in [7, 11) is 1.53. The van der Waals surface area contributed by atoms with Crippen molar-refractivity contribution in [3.63, 3.8) is 0 Å². The number of benzene rings is 1. The van der Waals surface area contributed by atoms with Gasteiger partial charge in [-0.25, -0.2) is 5.43 Å². The summed E-state index contributed by atoms with van der Waals surface area (Å²) in [4.78, 5) is 15.7. The van der Waals surface area contributed by atoms with Crippen LogP contribution in [-0.2, 0) is 0 Å². The maximum atomic E-state index is 11.8. The number of amides is 1. The molecule has 7 heteroatoms. The van der Waals surface area contributed by atoms with Crippen LogP contribution in [0.1, 0.15) is 23.0 Å². The topological polar surface area (TPSA) is 72.8 Å². The average Bonchev–Trinajstić information content (AvgIpc) is 2.57. The summed E-state index contributed by atoms with van der Waals surface area (Å²) in [5.41, 5.74) is 3.34. The molecule has 0 fully saturated rings. The fraction of sp³-hybridized carbons (Fsp3) is 0.188. The molecule has 1 heterocycles. The van der Waals surface area contributed by atoms with Crippen LogP contribution in [0.15, 0.2) is 41.6 Å². The molecule has 0 aliphatic heterocycles. The minimum Gasteiger partial charge on any atom is -0.493 e. The average molecular weight is 334 g/mol. The first kappa shape index (κ1) is 16.8. The van der Waals surface area contributed by atoms with Crippen molar-refractivity contribution in [2.75, 3.05) is 13.7 Å². The number of ether oxygens (including phenoxy) is 2. The number of hydrogen-bond acceptors (Lipinski definition) is 5. The number of aromatic nitrogens is 1. The van der Waals surface area contributed by atoms with Crippen molar-refractivity contribution in [1.82, 2.24) is 10.4 Å². The number of halogens is 1. The summed E-state index contributed by atoms with van der Waals surface area (Å²) in [6, 6.07) is 8.44. The Bertz CT molecular complexity index is 705. The highest BCUT2D eigenvalue weighted by Crippen LogP contribution is 2.35. The van der Waals surface area contributed by atoms with Gasteiger partial charge in [0.15, 0.2) is 11.5 Å². The highest BCUT2D eigenvalue weighted by molar-refractivity contribution is 6.32. The molecule has 2 rings (SSSR count). The van der Waals surface area contributed by atoms with E-state index in [1.165, 1.54) is 19.5 Å². The number of carbonyl (C=O) groups excluding carboxylic acids is 1. The summed E-state index contributed by atoms with van der Waals surface area (Å²) in [6.45, 7) is 2.34. The van der Waals surface area contributed by atoms with Crippen molar-refractivity contribution in [3.8, 4) is 11.5 Å². The maximum absolute atomic E-state index is 11.8. The van der Waals surface area contributed by atoms with Gasteiger partial charge < -0.3 is 9.47 Å². The van der Waals surface area contributed by atoms with Gasteiger partial charge in [-0.1, -0.05) is 17.7 Å². The Kier molecular flexibility index (Phi) is 5.94. The van der Waals surface area contributed by atoms with Gasteiger partial charge in [0.25, 0.3) is 5.91 Å². The van der Waals surface area contributed by atoms with Gasteiger partial charge >= 0.3 is 0 Å². The standard InChI is InChI=1S/C16H16ClN3O3/c1-3-23-15-12(17)8-11(9-14(15)22-2)10-19-20-16(21)13-6-4-5-7-18-13/h4-10H,3H2,1-2H3,(H,20,21)/b19-10-. The summed E-state index contributed by atoms with van der Waals surface area (Å²) < 4.78 is 10.7. The van der Waals surface area contributed by atoms with Gasteiger partial charge in [0.05, 0.1) is 25.0 Å². The fourth-order valence-electron chi connectivity index (χ4n) is 1.82. The first-order chi connectivity index (χ1) is 11.2. The first-order valence-corrected chi connectivity index (χ1v) is 7.28.